The summed E-state index contributed by atoms with van der Waals surface area (Å²) in [6, 6.07) is 11.2. The zero-order valence-corrected chi connectivity index (χ0v) is 14.4. The van der Waals surface area contributed by atoms with Crippen molar-refractivity contribution in [1.82, 2.24) is 10.0 Å². The summed E-state index contributed by atoms with van der Waals surface area (Å²) < 4.78 is 29.9. The molecule has 128 valence electrons. The van der Waals surface area contributed by atoms with E-state index in [0.29, 0.717) is 11.7 Å². The highest BCUT2D eigenvalue weighted by Gasteiger charge is 2.29. The largest absolute Gasteiger partial charge is 0.455 e. The van der Waals surface area contributed by atoms with Crippen LogP contribution in [0.2, 0.25) is 0 Å². The van der Waals surface area contributed by atoms with Gasteiger partial charge in [-0.2, -0.15) is 0 Å². The molecule has 1 heterocycles. The first-order valence-corrected chi connectivity index (χ1v) is 9.65. The zero-order chi connectivity index (χ0) is 17.3. The Morgan fingerprint density at radius 3 is 2.62 bits per heavy atom. The molecule has 1 aromatic heterocycles. The number of carbonyl (C=O) groups is 1. The van der Waals surface area contributed by atoms with Gasteiger partial charge in [-0.3, -0.25) is 4.79 Å². The maximum Gasteiger partial charge on any atom is 0.287 e. The van der Waals surface area contributed by atoms with Crippen molar-refractivity contribution in [1.29, 1.82) is 0 Å². The first kappa shape index (κ1) is 16.7. The molecule has 3 rings (SSSR count). The van der Waals surface area contributed by atoms with E-state index in [1.807, 2.05) is 18.2 Å². The van der Waals surface area contributed by atoms with Gasteiger partial charge in [0.1, 0.15) is 5.76 Å². The van der Waals surface area contributed by atoms with Gasteiger partial charge in [-0.15, -0.1) is 0 Å². The molecule has 7 heteroatoms. The Morgan fingerprint density at radius 2 is 1.92 bits per heavy atom. The molecule has 1 amide bonds. The first-order valence-electron chi connectivity index (χ1n) is 7.76. The molecule has 2 atom stereocenters. The smallest absolute Gasteiger partial charge is 0.287 e. The van der Waals surface area contributed by atoms with E-state index in [1.54, 1.807) is 12.1 Å². The van der Waals surface area contributed by atoms with E-state index in [-0.39, 0.29) is 24.3 Å². The molecule has 2 aromatic rings. The molecule has 0 saturated carbocycles. The molecule has 0 radical (unpaired) electrons. The highest BCUT2D eigenvalue weighted by atomic mass is 32.2. The van der Waals surface area contributed by atoms with Crippen LogP contribution in [0.15, 0.2) is 40.8 Å². The van der Waals surface area contributed by atoms with E-state index in [1.165, 1.54) is 5.56 Å². The molecule has 1 aromatic carbocycles. The number of fused-ring (bicyclic) bond motifs is 1. The molecular formula is C17H20N2O4S. The Morgan fingerprint density at radius 1 is 1.21 bits per heavy atom. The lowest BCUT2D eigenvalue weighted by Crippen LogP contribution is -2.26. The highest BCUT2D eigenvalue weighted by molar-refractivity contribution is 7.88. The standard InChI is InChI=1S/C17H20N2O4S/c1-11-9-15(14-6-4-3-5-13(11)14)19-17(20)16-8-7-12(23-16)10-18-24(2,21)22/h3-8,11,15,18H,9-10H2,1-2H3,(H,19,20)/t11-,15+/m1/s1. The lowest BCUT2D eigenvalue weighted by Gasteiger charge is -2.13. The number of amides is 1. The van der Waals surface area contributed by atoms with Gasteiger partial charge in [0, 0.05) is 0 Å². The number of hydrogen-bond donors (Lipinski definition) is 2. The number of nitrogens with one attached hydrogen (secondary N) is 2. The number of benzene rings is 1. The molecule has 6 nitrogen and oxygen atoms in total. The van der Waals surface area contributed by atoms with Crippen molar-refractivity contribution in [3.8, 4) is 0 Å². The van der Waals surface area contributed by atoms with Crippen LogP contribution in [0.4, 0.5) is 0 Å². The molecule has 0 unspecified atom stereocenters. The van der Waals surface area contributed by atoms with Gasteiger partial charge in [-0.1, -0.05) is 31.2 Å². The summed E-state index contributed by atoms with van der Waals surface area (Å²) in [7, 11) is -3.30. The fourth-order valence-corrected chi connectivity index (χ4v) is 3.45. The summed E-state index contributed by atoms with van der Waals surface area (Å²) in [6.45, 7) is 2.17. The number of sulfonamides is 1. The van der Waals surface area contributed by atoms with Crippen LogP contribution < -0.4 is 10.0 Å². The van der Waals surface area contributed by atoms with Gasteiger partial charge in [0.05, 0.1) is 18.8 Å². The SMILES string of the molecule is C[C@@H]1C[C@H](NC(=O)c2ccc(CNS(C)(=O)=O)o2)c2ccccc21. The summed E-state index contributed by atoms with van der Waals surface area (Å²) in [5.74, 6) is 0.676. The van der Waals surface area contributed by atoms with Crippen LogP contribution in [0.25, 0.3) is 0 Å². The topological polar surface area (TPSA) is 88.4 Å². The van der Waals surface area contributed by atoms with E-state index in [0.717, 1.165) is 18.2 Å². The van der Waals surface area contributed by atoms with Crippen LogP contribution in [0.1, 0.15) is 52.7 Å². The molecule has 0 saturated heterocycles. The van der Waals surface area contributed by atoms with Gasteiger partial charge in [0.15, 0.2) is 5.76 Å². The van der Waals surface area contributed by atoms with E-state index >= 15 is 0 Å². The second-order valence-electron chi connectivity index (χ2n) is 6.15. The molecule has 2 N–H and O–H groups in total. The van der Waals surface area contributed by atoms with Crippen molar-refractivity contribution in [2.24, 2.45) is 0 Å². The van der Waals surface area contributed by atoms with Crippen LogP contribution >= 0.6 is 0 Å². The third kappa shape index (κ3) is 3.68. The molecule has 0 bridgehead atoms. The Bertz CT molecular complexity index is 857. The maximum absolute atomic E-state index is 12.4. The fourth-order valence-electron chi connectivity index (χ4n) is 3.05. The van der Waals surface area contributed by atoms with Crippen molar-refractivity contribution in [2.45, 2.75) is 31.8 Å². The molecule has 1 aliphatic carbocycles. The Kier molecular flexibility index (Phi) is 4.47. The second kappa shape index (κ2) is 6.41. The van der Waals surface area contributed by atoms with Gasteiger partial charge in [-0.05, 0) is 35.6 Å². The fraction of sp³-hybridized carbons (Fsp3) is 0.353. The predicted molar refractivity (Wildman–Crippen MR) is 90.1 cm³/mol. The number of carbonyl (C=O) groups excluding carboxylic acids is 1. The van der Waals surface area contributed by atoms with Crippen LogP contribution in [0, 0.1) is 0 Å². The van der Waals surface area contributed by atoms with Crippen LogP contribution in [0.5, 0.6) is 0 Å². The van der Waals surface area contributed by atoms with Crippen LogP contribution in [0.3, 0.4) is 0 Å². The Balaban J connectivity index is 1.67. The van der Waals surface area contributed by atoms with Crippen molar-refractivity contribution >= 4 is 15.9 Å². The summed E-state index contributed by atoms with van der Waals surface area (Å²) >= 11 is 0. The van der Waals surface area contributed by atoms with Crippen LogP contribution in [-0.4, -0.2) is 20.6 Å². The van der Waals surface area contributed by atoms with E-state index in [4.69, 9.17) is 4.42 Å². The van der Waals surface area contributed by atoms with Crippen molar-refractivity contribution in [2.75, 3.05) is 6.26 Å². The molecule has 0 aliphatic heterocycles. The van der Waals surface area contributed by atoms with Crippen molar-refractivity contribution < 1.29 is 17.6 Å². The van der Waals surface area contributed by atoms with Gasteiger partial charge >= 0.3 is 0 Å². The van der Waals surface area contributed by atoms with Crippen molar-refractivity contribution in [3.05, 3.63) is 59.0 Å². The van der Waals surface area contributed by atoms with E-state index in [2.05, 4.69) is 23.0 Å². The number of furan rings is 1. The summed E-state index contributed by atoms with van der Waals surface area (Å²) in [5.41, 5.74) is 2.41. The molecular weight excluding hydrogens is 328 g/mol. The zero-order valence-electron chi connectivity index (χ0n) is 13.6. The molecule has 1 aliphatic rings. The minimum atomic E-state index is -3.30. The summed E-state index contributed by atoms with van der Waals surface area (Å²) in [4.78, 5) is 12.4. The third-order valence-corrected chi connectivity index (χ3v) is 4.86. The minimum Gasteiger partial charge on any atom is -0.455 e. The molecule has 0 spiro atoms. The van der Waals surface area contributed by atoms with Gasteiger partial charge in [-0.25, -0.2) is 13.1 Å². The quantitative estimate of drug-likeness (QED) is 0.868. The predicted octanol–water partition coefficient (Wildman–Crippen LogP) is 2.31. The molecule has 24 heavy (non-hydrogen) atoms. The average Bonchev–Trinajstić information content (AvgIpc) is 3.11. The highest BCUT2D eigenvalue weighted by Crippen LogP contribution is 2.39. The average molecular weight is 348 g/mol. The lowest BCUT2D eigenvalue weighted by molar-refractivity contribution is 0.0906. The second-order valence-corrected chi connectivity index (χ2v) is 7.98. The van der Waals surface area contributed by atoms with Gasteiger partial charge < -0.3 is 9.73 Å². The summed E-state index contributed by atoms with van der Waals surface area (Å²) in [5, 5.41) is 3.00. The van der Waals surface area contributed by atoms with Gasteiger partial charge in [0.2, 0.25) is 10.0 Å². The van der Waals surface area contributed by atoms with Gasteiger partial charge in [0.25, 0.3) is 5.91 Å². The minimum absolute atomic E-state index is 0.0232. The van der Waals surface area contributed by atoms with E-state index < -0.39 is 10.0 Å². The number of rotatable bonds is 5. The van der Waals surface area contributed by atoms with Crippen LogP contribution in [-0.2, 0) is 16.6 Å². The summed E-state index contributed by atoms with van der Waals surface area (Å²) in [6.07, 6.45) is 1.93. The van der Waals surface area contributed by atoms with Crippen molar-refractivity contribution in [3.63, 3.8) is 0 Å². The Labute approximate surface area is 141 Å². The number of hydrogen-bond acceptors (Lipinski definition) is 4. The normalized spacial score (nSPS) is 19.9. The maximum atomic E-state index is 12.4. The Hall–Kier alpha value is -2.12. The first-order chi connectivity index (χ1) is 11.3. The molecule has 0 fully saturated rings. The lowest BCUT2D eigenvalue weighted by atomic mass is 10.0. The monoisotopic (exact) mass is 348 g/mol. The third-order valence-electron chi connectivity index (χ3n) is 4.19. The van der Waals surface area contributed by atoms with E-state index in [9.17, 15) is 13.2 Å².